The predicted molar refractivity (Wildman–Crippen MR) is 70.7 cm³/mol. The maximum absolute atomic E-state index is 12.3. The molecule has 0 N–H and O–H groups in total. The van der Waals surface area contributed by atoms with Gasteiger partial charge in [-0.25, -0.2) is 8.42 Å². The molecule has 0 aromatic heterocycles. The molecule has 17 heavy (non-hydrogen) atoms. The Bertz CT molecular complexity index is 515. The van der Waals surface area contributed by atoms with E-state index in [0.717, 1.165) is 4.47 Å². The third kappa shape index (κ3) is 3.16. The van der Waals surface area contributed by atoms with E-state index in [1.807, 2.05) is 0 Å². The zero-order chi connectivity index (χ0) is 13.3. The molecule has 0 atom stereocenters. The van der Waals surface area contributed by atoms with E-state index in [2.05, 4.69) is 15.9 Å². The molecule has 3 nitrogen and oxygen atoms in total. The summed E-state index contributed by atoms with van der Waals surface area (Å²) in [7, 11) is -3.49. The van der Waals surface area contributed by atoms with Crippen LogP contribution in [0.4, 0.5) is 0 Å². The van der Waals surface area contributed by atoms with Crippen molar-refractivity contribution in [2.45, 2.75) is 36.8 Å². The molecule has 1 rings (SSSR count). The molecule has 0 radical (unpaired) electrons. The van der Waals surface area contributed by atoms with Gasteiger partial charge in [0.05, 0.1) is 9.64 Å². The standard InChI is InChI=1S/C12H15BrO3S/c1-9(14)8-12(2,3)17(15,16)11-6-4-10(13)5-7-11/h4-7H,8H2,1-3H3. The van der Waals surface area contributed by atoms with Crippen LogP contribution in [-0.2, 0) is 14.6 Å². The summed E-state index contributed by atoms with van der Waals surface area (Å²) in [4.78, 5) is 11.4. The van der Waals surface area contributed by atoms with Crippen LogP contribution in [0.3, 0.4) is 0 Å². The molecule has 5 heteroatoms. The molecule has 0 aliphatic heterocycles. The lowest BCUT2D eigenvalue weighted by Gasteiger charge is -2.23. The first-order chi connectivity index (χ1) is 7.67. The molecule has 0 bridgehead atoms. The monoisotopic (exact) mass is 318 g/mol. The Kier molecular flexibility index (Phi) is 4.15. The second-order valence-electron chi connectivity index (χ2n) is 4.60. The van der Waals surface area contributed by atoms with Gasteiger partial charge in [-0.05, 0) is 45.0 Å². The second-order valence-corrected chi connectivity index (χ2v) is 8.09. The fourth-order valence-corrected chi connectivity index (χ4v) is 3.42. The van der Waals surface area contributed by atoms with Crippen LogP contribution in [0.5, 0.6) is 0 Å². The topological polar surface area (TPSA) is 51.2 Å². The Hall–Kier alpha value is -0.680. The highest BCUT2D eigenvalue weighted by atomic mass is 79.9. The van der Waals surface area contributed by atoms with Gasteiger partial charge in [-0.15, -0.1) is 0 Å². The lowest BCUT2D eigenvalue weighted by Crippen LogP contribution is -2.34. The minimum atomic E-state index is -3.49. The third-order valence-electron chi connectivity index (χ3n) is 2.53. The van der Waals surface area contributed by atoms with Gasteiger partial charge in [0, 0.05) is 10.9 Å². The molecule has 1 aromatic rings. The van der Waals surface area contributed by atoms with Crippen molar-refractivity contribution in [3.8, 4) is 0 Å². The second kappa shape index (κ2) is 4.90. The molecule has 0 spiro atoms. The van der Waals surface area contributed by atoms with Crippen LogP contribution < -0.4 is 0 Å². The van der Waals surface area contributed by atoms with Crippen molar-refractivity contribution in [2.24, 2.45) is 0 Å². The summed E-state index contributed by atoms with van der Waals surface area (Å²) in [6, 6.07) is 6.44. The molecule has 0 aliphatic carbocycles. The third-order valence-corrected chi connectivity index (χ3v) is 5.55. The molecular weight excluding hydrogens is 304 g/mol. The van der Waals surface area contributed by atoms with E-state index in [9.17, 15) is 13.2 Å². The van der Waals surface area contributed by atoms with Crippen molar-refractivity contribution in [1.29, 1.82) is 0 Å². The van der Waals surface area contributed by atoms with E-state index in [1.165, 1.54) is 6.92 Å². The summed E-state index contributed by atoms with van der Waals surface area (Å²) >= 11 is 3.25. The van der Waals surface area contributed by atoms with Gasteiger partial charge >= 0.3 is 0 Å². The molecule has 1 aromatic carbocycles. The summed E-state index contributed by atoms with van der Waals surface area (Å²) in [6.45, 7) is 4.55. The normalized spacial score (nSPS) is 12.5. The van der Waals surface area contributed by atoms with E-state index in [0.29, 0.717) is 0 Å². The quantitative estimate of drug-likeness (QED) is 0.857. The van der Waals surface area contributed by atoms with Gasteiger partial charge < -0.3 is 0 Å². The van der Waals surface area contributed by atoms with E-state index in [-0.39, 0.29) is 17.1 Å². The van der Waals surface area contributed by atoms with Crippen LogP contribution in [-0.4, -0.2) is 18.9 Å². The summed E-state index contributed by atoms with van der Waals surface area (Å²) < 4.78 is 24.4. The van der Waals surface area contributed by atoms with Gasteiger partial charge in [0.25, 0.3) is 0 Å². The molecule has 0 unspecified atom stereocenters. The van der Waals surface area contributed by atoms with Crippen LogP contribution in [0.1, 0.15) is 27.2 Å². The zero-order valence-electron chi connectivity index (χ0n) is 10.0. The number of Topliss-reactive ketones (excluding diaryl/α,β-unsaturated/α-hetero) is 1. The van der Waals surface area contributed by atoms with Gasteiger partial charge in [-0.3, -0.25) is 4.79 Å². The van der Waals surface area contributed by atoms with Crippen molar-refractivity contribution in [3.63, 3.8) is 0 Å². The molecule has 0 saturated carbocycles. The Morgan fingerprint density at radius 2 is 1.71 bits per heavy atom. The molecule has 0 aliphatic rings. The summed E-state index contributed by atoms with van der Waals surface area (Å²) in [5.74, 6) is -0.129. The number of carbonyl (C=O) groups is 1. The molecule has 0 fully saturated rings. The van der Waals surface area contributed by atoms with Crippen LogP contribution in [0.25, 0.3) is 0 Å². The van der Waals surface area contributed by atoms with Gasteiger partial charge in [-0.2, -0.15) is 0 Å². The average molecular weight is 319 g/mol. The number of ketones is 1. The number of rotatable bonds is 4. The Labute approximate surface area is 110 Å². The number of sulfone groups is 1. The molecule has 0 heterocycles. The smallest absolute Gasteiger partial charge is 0.183 e. The Morgan fingerprint density at radius 3 is 2.12 bits per heavy atom. The van der Waals surface area contributed by atoms with Crippen molar-refractivity contribution in [2.75, 3.05) is 0 Å². The maximum Gasteiger partial charge on any atom is 0.183 e. The SMILES string of the molecule is CC(=O)CC(C)(C)S(=O)(=O)c1ccc(Br)cc1. The summed E-state index contributed by atoms with van der Waals surface area (Å²) in [5.41, 5.74) is 0. The number of halogens is 1. The largest absolute Gasteiger partial charge is 0.300 e. The summed E-state index contributed by atoms with van der Waals surface area (Å²) in [6.07, 6.45) is 0.0192. The van der Waals surface area contributed by atoms with E-state index >= 15 is 0 Å². The number of benzene rings is 1. The van der Waals surface area contributed by atoms with Crippen molar-refractivity contribution >= 4 is 31.6 Å². The maximum atomic E-state index is 12.3. The Balaban J connectivity index is 3.19. The van der Waals surface area contributed by atoms with Crippen molar-refractivity contribution < 1.29 is 13.2 Å². The highest BCUT2D eigenvalue weighted by Crippen LogP contribution is 2.29. The van der Waals surface area contributed by atoms with E-state index < -0.39 is 14.6 Å². The van der Waals surface area contributed by atoms with Gasteiger partial charge in [0.15, 0.2) is 9.84 Å². The van der Waals surface area contributed by atoms with Gasteiger partial charge in [0.1, 0.15) is 5.78 Å². The summed E-state index contributed by atoms with van der Waals surface area (Å²) in [5, 5.41) is 0. The van der Waals surface area contributed by atoms with E-state index in [4.69, 9.17) is 0 Å². The van der Waals surface area contributed by atoms with Crippen LogP contribution >= 0.6 is 15.9 Å². The van der Waals surface area contributed by atoms with Gasteiger partial charge in [-0.1, -0.05) is 15.9 Å². The fraction of sp³-hybridized carbons (Fsp3) is 0.417. The predicted octanol–water partition coefficient (Wildman–Crippen LogP) is 2.98. The minimum Gasteiger partial charge on any atom is -0.300 e. The molecule has 94 valence electrons. The van der Waals surface area contributed by atoms with E-state index in [1.54, 1.807) is 38.1 Å². The molecule has 0 amide bonds. The Morgan fingerprint density at radius 1 is 1.24 bits per heavy atom. The fourth-order valence-electron chi connectivity index (χ4n) is 1.63. The molecule has 0 saturated heterocycles. The first-order valence-corrected chi connectivity index (χ1v) is 7.44. The minimum absolute atomic E-state index is 0.0192. The zero-order valence-corrected chi connectivity index (χ0v) is 12.4. The highest BCUT2D eigenvalue weighted by Gasteiger charge is 2.36. The lowest BCUT2D eigenvalue weighted by molar-refractivity contribution is -0.117. The first kappa shape index (κ1) is 14.4. The van der Waals surface area contributed by atoms with Crippen molar-refractivity contribution in [1.82, 2.24) is 0 Å². The average Bonchev–Trinajstić information content (AvgIpc) is 2.16. The first-order valence-electron chi connectivity index (χ1n) is 5.16. The highest BCUT2D eigenvalue weighted by molar-refractivity contribution is 9.10. The van der Waals surface area contributed by atoms with Gasteiger partial charge in [0.2, 0.25) is 0 Å². The van der Waals surface area contributed by atoms with Crippen molar-refractivity contribution in [3.05, 3.63) is 28.7 Å². The van der Waals surface area contributed by atoms with Crippen LogP contribution in [0.2, 0.25) is 0 Å². The molecular formula is C12H15BrO3S. The van der Waals surface area contributed by atoms with Crippen LogP contribution in [0, 0.1) is 0 Å². The number of carbonyl (C=O) groups excluding carboxylic acids is 1. The number of hydrogen-bond donors (Lipinski definition) is 0. The van der Waals surface area contributed by atoms with Crippen LogP contribution in [0.15, 0.2) is 33.6 Å². The number of hydrogen-bond acceptors (Lipinski definition) is 3. The lowest BCUT2D eigenvalue weighted by atomic mass is 10.1.